The van der Waals surface area contributed by atoms with E-state index in [9.17, 15) is 15.2 Å². The lowest BCUT2D eigenvalue weighted by molar-refractivity contribution is -0.385. The highest BCUT2D eigenvalue weighted by Gasteiger charge is 2.20. The Bertz CT molecular complexity index is 469. The fourth-order valence-corrected chi connectivity index (χ4v) is 2.39. The first-order chi connectivity index (χ1) is 9.60. The maximum Gasteiger partial charge on any atom is 0.311 e. The number of methoxy groups -OCH3 is 1. The molecule has 1 saturated carbocycles. The van der Waals surface area contributed by atoms with Crippen LogP contribution < -0.4 is 4.74 Å². The van der Waals surface area contributed by atoms with E-state index in [0.717, 1.165) is 31.2 Å². The van der Waals surface area contributed by atoms with Gasteiger partial charge >= 0.3 is 5.69 Å². The van der Waals surface area contributed by atoms with Crippen molar-refractivity contribution in [3.8, 4) is 5.75 Å². The molecule has 1 fully saturated rings. The number of nitro benzene ring substituents is 1. The van der Waals surface area contributed by atoms with Crippen molar-refractivity contribution in [1.29, 1.82) is 0 Å². The number of aliphatic hydroxyl groups excluding tert-OH is 1. The van der Waals surface area contributed by atoms with Crippen LogP contribution in [0, 0.1) is 10.1 Å². The molecule has 1 aliphatic carbocycles. The van der Waals surface area contributed by atoms with Gasteiger partial charge in [-0.2, -0.15) is 0 Å². The van der Waals surface area contributed by atoms with Crippen molar-refractivity contribution in [3.05, 3.63) is 33.9 Å². The number of ether oxygens (including phenoxy) is 2. The maximum atomic E-state index is 10.9. The predicted octanol–water partition coefficient (Wildman–Crippen LogP) is 2.42. The molecular weight excluding hydrogens is 262 g/mol. The third-order valence-electron chi connectivity index (χ3n) is 3.57. The lowest BCUT2D eigenvalue weighted by Crippen LogP contribution is -2.24. The Morgan fingerprint density at radius 2 is 2.05 bits per heavy atom. The number of benzene rings is 1. The lowest BCUT2D eigenvalue weighted by atomic mass is 9.95. The Morgan fingerprint density at radius 3 is 2.65 bits per heavy atom. The van der Waals surface area contributed by atoms with Crippen LogP contribution in [0.3, 0.4) is 0 Å². The van der Waals surface area contributed by atoms with E-state index in [4.69, 9.17) is 9.47 Å². The minimum atomic E-state index is -0.459. The van der Waals surface area contributed by atoms with Crippen LogP contribution in [0.5, 0.6) is 5.75 Å². The summed E-state index contributed by atoms with van der Waals surface area (Å²) < 4.78 is 10.7. The second-order valence-electron chi connectivity index (χ2n) is 5.00. The highest BCUT2D eigenvalue weighted by molar-refractivity contribution is 5.48. The molecule has 6 heteroatoms. The first-order valence-corrected chi connectivity index (χ1v) is 6.71. The first kappa shape index (κ1) is 14.7. The number of nitrogens with zero attached hydrogens (tertiary/aromatic N) is 1. The summed E-state index contributed by atoms with van der Waals surface area (Å²) in [6, 6.07) is 4.83. The zero-order chi connectivity index (χ0) is 14.5. The summed E-state index contributed by atoms with van der Waals surface area (Å²) in [4.78, 5) is 10.5. The van der Waals surface area contributed by atoms with Gasteiger partial charge in [-0.05, 0) is 37.3 Å². The third kappa shape index (κ3) is 3.68. The second-order valence-corrected chi connectivity index (χ2v) is 5.00. The quantitative estimate of drug-likeness (QED) is 0.662. The van der Waals surface area contributed by atoms with Crippen LogP contribution >= 0.6 is 0 Å². The fraction of sp³-hybridized carbons (Fsp3) is 0.571. The number of hydrogen-bond acceptors (Lipinski definition) is 5. The van der Waals surface area contributed by atoms with E-state index in [-0.39, 0.29) is 23.6 Å². The molecule has 1 aromatic rings. The average Bonchev–Trinajstić information content (AvgIpc) is 2.46. The molecule has 0 heterocycles. The van der Waals surface area contributed by atoms with Crippen LogP contribution in [0.1, 0.15) is 31.2 Å². The standard InChI is InChI=1S/C14H19NO5/c1-19-14-7-2-10(8-13(14)15(17)18)9-20-12-5-3-11(16)4-6-12/h2,7-8,11-12,16H,3-6,9H2,1H3. The maximum absolute atomic E-state index is 10.9. The second kappa shape index (κ2) is 6.67. The van der Waals surface area contributed by atoms with Crippen LogP contribution in [0.25, 0.3) is 0 Å². The van der Waals surface area contributed by atoms with Crippen molar-refractivity contribution in [1.82, 2.24) is 0 Å². The summed E-state index contributed by atoms with van der Waals surface area (Å²) in [6.45, 7) is 0.339. The molecule has 0 saturated heterocycles. The van der Waals surface area contributed by atoms with Crippen LogP contribution in [-0.4, -0.2) is 29.3 Å². The molecule has 0 amide bonds. The Hall–Kier alpha value is -1.66. The van der Waals surface area contributed by atoms with Crippen molar-refractivity contribution in [3.63, 3.8) is 0 Å². The van der Waals surface area contributed by atoms with Crippen LogP contribution in [0.15, 0.2) is 18.2 Å². The summed E-state index contributed by atoms with van der Waals surface area (Å²) in [5, 5.41) is 20.4. The summed E-state index contributed by atoms with van der Waals surface area (Å²) >= 11 is 0. The molecule has 0 bridgehead atoms. The fourth-order valence-electron chi connectivity index (χ4n) is 2.39. The van der Waals surface area contributed by atoms with Gasteiger partial charge in [-0.15, -0.1) is 0 Å². The van der Waals surface area contributed by atoms with E-state index >= 15 is 0 Å². The number of aliphatic hydroxyl groups is 1. The van der Waals surface area contributed by atoms with Gasteiger partial charge in [0.05, 0.1) is 30.8 Å². The Balaban J connectivity index is 1.96. The monoisotopic (exact) mass is 281 g/mol. The topological polar surface area (TPSA) is 81.8 Å². The van der Waals surface area contributed by atoms with E-state index in [0.29, 0.717) is 6.61 Å². The van der Waals surface area contributed by atoms with Gasteiger partial charge in [0.2, 0.25) is 0 Å². The van der Waals surface area contributed by atoms with E-state index in [1.807, 2.05) is 0 Å². The minimum absolute atomic E-state index is 0.0485. The van der Waals surface area contributed by atoms with E-state index in [1.54, 1.807) is 12.1 Å². The van der Waals surface area contributed by atoms with Crippen molar-refractivity contribution < 1.29 is 19.5 Å². The highest BCUT2D eigenvalue weighted by atomic mass is 16.6. The van der Waals surface area contributed by atoms with E-state index in [1.165, 1.54) is 13.2 Å². The van der Waals surface area contributed by atoms with E-state index < -0.39 is 4.92 Å². The summed E-state index contributed by atoms with van der Waals surface area (Å²) in [7, 11) is 1.41. The zero-order valence-corrected chi connectivity index (χ0v) is 11.4. The van der Waals surface area contributed by atoms with Gasteiger partial charge in [-0.3, -0.25) is 10.1 Å². The molecule has 110 valence electrons. The molecule has 0 aromatic heterocycles. The van der Waals surface area contributed by atoms with Crippen LogP contribution in [-0.2, 0) is 11.3 Å². The van der Waals surface area contributed by atoms with Crippen LogP contribution in [0.2, 0.25) is 0 Å². The molecule has 0 unspecified atom stereocenters. The van der Waals surface area contributed by atoms with Crippen molar-refractivity contribution in [2.24, 2.45) is 0 Å². The van der Waals surface area contributed by atoms with Gasteiger partial charge in [0, 0.05) is 6.07 Å². The van der Waals surface area contributed by atoms with Gasteiger partial charge < -0.3 is 14.6 Å². The Kier molecular flexibility index (Phi) is 4.92. The molecular formula is C14H19NO5. The van der Waals surface area contributed by atoms with E-state index in [2.05, 4.69) is 0 Å². The first-order valence-electron chi connectivity index (χ1n) is 6.71. The van der Waals surface area contributed by atoms with Crippen molar-refractivity contribution in [2.75, 3.05) is 7.11 Å². The summed E-state index contributed by atoms with van der Waals surface area (Å²) in [5.74, 6) is 0.250. The molecule has 0 radical (unpaired) electrons. The predicted molar refractivity (Wildman–Crippen MR) is 72.7 cm³/mol. The number of hydrogen-bond donors (Lipinski definition) is 1. The highest BCUT2D eigenvalue weighted by Crippen LogP contribution is 2.28. The molecule has 0 spiro atoms. The minimum Gasteiger partial charge on any atom is -0.490 e. The molecule has 1 aliphatic rings. The van der Waals surface area contributed by atoms with Gasteiger partial charge in [0.1, 0.15) is 0 Å². The average molecular weight is 281 g/mol. The van der Waals surface area contributed by atoms with Gasteiger partial charge in [0.25, 0.3) is 0 Å². The molecule has 0 aliphatic heterocycles. The number of rotatable bonds is 5. The molecule has 20 heavy (non-hydrogen) atoms. The van der Waals surface area contributed by atoms with Gasteiger partial charge in [-0.25, -0.2) is 0 Å². The van der Waals surface area contributed by atoms with Gasteiger partial charge in [0.15, 0.2) is 5.75 Å². The smallest absolute Gasteiger partial charge is 0.311 e. The van der Waals surface area contributed by atoms with Crippen LogP contribution in [0.4, 0.5) is 5.69 Å². The largest absolute Gasteiger partial charge is 0.490 e. The van der Waals surface area contributed by atoms with Crippen molar-refractivity contribution >= 4 is 5.69 Å². The summed E-state index contributed by atoms with van der Waals surface area (Å²) in [6.07, 6.45) is 3.09. The normalized spacial score (nSPS) is 22.5. The molecule has 2 rings (SSSR count). The van der Waals surface area contributed by atoms with Crippen molar-refractivity contribution in [2.45, 2.75) is 44.5 Å². The molecule has 1 N–H and O–H groups in total. The lowest BCUT2D eigenvalue weighted by Gasteiger charge is -2.25. The zero-order valence-electron chi connectivity index (χ0n) is 11.4. The third-order valence-corrected chi connectivity index (χ3v) is 3.57. The molecule has 0 atom stereocenters. The molecule has 1 aromatic carbocycles. The molecule has 6 nitrogen and oxygen atoms in total. The Labute approximate surface area is 117 Å². The van der Waals surface area contributed by atoms with Gasteiger partial charge in [-0.1, -0.05) is 6.07 Å². The SMILES string of the molecule is COc1ccc(COC2CCC(O)CC2)cc1[N+](=O)[O-]. The summed E-state index contributed by atoms with van der Waals surface area (Å²) in [5.41, 5.74) is 0.705. The Morgan fingerprint density at radius 1 is 1.35 bits per heavy atom. The number of nitro groups is 1.